The maximum Gasteiger partial charge on any atom is 0.335 e. The van der Waals surface area contributed by atoms with Crippen molar-refractivity contribution in [2.24, 2.45) is 5.92 Å². The van der Waals surface area contributed by atoms with Gasteiger partial charge in [0, 0.05) is 19.0 Å². The van der Waals surface area contributed by atoms with Gasteiger partial charge in [-0.1, -0.05) is 19.1 Å². The number of rotatable bonds is 4. The Morgan fingerprint density at radius 2 is 1.90 bits per heavy atom. The van der Waals surface area contributed by atoms with E-state index in [0.717, 1.165) is 18.5 Å². The van der Waals surface area contributed by atoms with Gasteiger partial charge in [0.15, 0.2) is 0 Å². The fourth-order valence-corrected chi connectivity index (χ4v) is 2.90. The molecule has 1 aliphatic rings. The average Bonchev–Trinajstić information content (AvgIpc) is 2.48. The first-order valence-electron chi connectivity index (χ1n) is 7.60. The second kappa shape index (κ2) is 6.74. The van der Waals surface area contributed by atoms with Gasteiger partial charge in [0.1, 0.15) is 0 Å². The Balaban J connectivity index is 1.90. The predicted molar refractivity (Wildman–Crippen MR) is 81.3 cm³/mol. The molecule has 1 aromatic carbocycles. The van der Waals surface area contributed by atoms with Crippen molar-refractivity contribution in [1.82, 2.24) is 4.90 Å². The maximum atomic E-state index is 12.3. The second-order valence-corrected chi connectivity index (χ2v) is 5.95. The van der Waals surface area contributed by atoms with Crippen molar-refractivity contribution in [2.75, 3.05) is 6.54 Å². The lowest BCUT2D eigenvalue weighted by Crippen LogP contribution is -2.46. The Labute approximate surface area is 125 Å². The molecule has 2 rings (SSSR count). The molecular weight excluding hydrogens is 266 g/mol. The summed E-state index contributed by atoms with van der Waals surface area (Å²) in [6.45, 7) is 5.19. The number of carboxylic acid groups (broad SMARTS) is 1. The predicted octanol–water partition coefficient (Wildman–Crippen LogP) is 2.96. The number of likely N-dealkylation sites (tertiary alicyclic amines) is 1. The van der Waals surface area contributed by atoms with E-state index >= 15 is 0 Å². The molecule has 4 nitrogen and oxygen atoms in total. The SMILES string of the molecule is CC1CCCN(C(=O)CCc2ccc(C(=O)O)cc2)C1C. The van der Waals surface area contributed by atoms with Gasteiger partial charge in [-0.3, -0.25) is 4.79 Å². The molecule has 1 aromatic rings. The molecule has 1 aliphatic heterocycles. The van der Waals surface area contributed by atoms with E-state index in [0.29, 0.717) is 24.8 Å². The summed E-state index contributed by atoms with van der Waals surface area (Å²) in [6, 6.07) is 7.08. The van der Waals surface area contributed by atoms with Crippen LogP contribution in [0.5, 0.6) is 0 Å². The van der Waals surface area contributed by atoms with Crippen LogP contribution in [0.25, 0.3) is 0 Å². The van der Waals surface area contributed by atoms with Gasteiger partial charge in [-0.2, -0.15) is 0 Å². The highest BCUT2D eigenvalue weighted by molar-refractivity contribution is 5.87. The number of amides is 1. The number of aryl methyl sites for hydroxylation is 1. The summed E-state index contributed by atoms with van der Waals surface area (Å²) in [7, 11) is 0. The van der Waals surface area contributed by atoms with Gasteiger partial charge in [0.2, 0.25) is 5.91 Å². The number of carbonyl (C=O) groups excluding carboxylic acids is 1. The number of nitrogens with zero attached hydrogens (tertiary/aromatic N) is 1. The number of hydrogen-bond acceptors (Lipinski definition) is 2. The van der Waals surface area contributed by atoms with Crippen molar-refractivity contribution in [3.63, 3.8) is 0 Å². The van der Waals surface area contributed by atoms with Gasteiger partial charge in [-0.05, 0) is 49.8 Å². The van der Waals surface area contributed by atoms with Crippen LogP contribution in [0, 0.1) is 5.92 Å². The maximum absolute atomic E-state index is 12.3. The Kier molecular flexibility index (Phi) is 4.99. The Hall–Kier alpha value is -1.84. The van der Waals surface area contributed by atoms with E-state index in [2.05, 4.69) is 13.8 Å². The first-order chi connectivity index (χ1) is 9.99. The van der Waals surface area contributed by atoms with Gasteiger partial charge in [0.25, 0.3) is 0 Å². The standard InChI is InChI=1S/C17H23NO3/c1-12-4-3-11-18(13(12)2)16(19)10-7-14-5-8-15(9-6-14)17(20)21/h5-6,8-9,12-13H,3-4,7,10-11H2,1-2H3,(H,20,21). The molecule has 1 saturated heterocycles. The summed E-state index contributed by atoms with van der Waals surface area (Å²) in [4.78, 5) is 25.1. The second-order valence-electron chi connectivity index (χ2n) is 5.95. The average molecular weight is 289 g/mol. The van der Waals surface area contributed by atoms with E-state index in [1.54, 1.807) is 24.3 Å². The van der Waals surface area contributed by atoms with Crippen LogP contribution >= 0.6 is 0 Å². The third-order valence-electron chi connectivity index (χ3n) is 4.52. The Morgan fingerprint density at radius 3 is 2.52 bits per heavy atom. The molecule has 1 fully saturated rings. The molecule has 114 valence electrons. The number of benzene rings is 1. The summed E-state index contributed by atoms with van der Waals surface area (Å²) in [5, 5.41) is 8.86. The minimum atomic E-state index is -0.922. The summed E-state index contributed by atoms with van der Waals surface area (Å²) >= 11 is 0. The zero-order chi connectivity index (χ0) is 15.4. The lowest BCUT2D eigenvalue weighted by atomic mass is 9.91. The van der Waals surface area contributed by atoms with E-state index in [-0.39, 0.29) is 11.5 Å². The van der Waals surface area contributed by atoms with Gasteiger partial charge in [0.05, 0.1) is 5.56 Å². The minimum absolute atomic E-state index is 0.205. The largest absolute Gasteiger partial charge is 0.478 e. The molecule has 0 radical (unpaired) electrons. The third kappa shape index (κ3) is 3.84. The van der Waals surface area contributed by atoms with E-state index in [4.69, 9.17) is 5.11 Å². The normalized spacial score (nSPS) is 22.1. The summed E-state index contributed by atoms with van der Waals surface area (Å²) in [5.41, 5.74) is 1.29. The van der Waals surface area contributed by atoms with Crippen molar-refractivity contribution in [1.29, 1.82) is 0 Å². The molecule has 0 aliphatic carbocycles. The third-order valence-corrected chi connectivity index (χ3v) is 4.52. The molecule has 2 atom stereocenters. The topological polar surface area (TPSA) is 57.6 Å². The highest BCUT2D eigenvalue weighted by Crippen LogP contribution is 2.23. The van der Waals surface area contributed by atoms with Gasteiger partial charge < -0.3 is 10.0 Å². The first-order valence-corrected chi connectivity index (χ1v) is 7.60. The number of carboxylic acids is 1. The van der Waals surface area contributed by atoms with Crippen LogP contribution < -0.4 is 0 Å². The number of hydrogen-bond donors (Lipinski definition) is 1. The molecule has 0 bridgehead atoms. The van der Waals surface area contributed by atoms with Crippen LogP contribution in [-0.4, -0.2) is 34.5 Å². The monoisotopic (exact) mass is 289 g/mol. The van der Waals surface area contributed by atoms with E-state index in [1.165, 1.54) is 6.42 Å². The van der Waals surface area contributed by atoms with E-state index in [1.807, 2.05) is 4.90 Å². The van der Waals surface area contributed by atoms with Gasteiger partial charge in [-0.15, -0.1) is 0 Å². The smallest absolute Gasteiger partial charge is 0.335 e. The summed E-state index contributed by atoms with van der Waals surface area (Å²) in [5.74, 6) is -0.150. The van der Waals surface area contributed by atoms with Crippen molar-refractivity contribution in [3.8, 4) is 0 Å². The number of carbonyl (C=O) groups is 2. The van der Waals surface area contributed by atoms with Gasteiger partial charge >= 0.3 is 5.97 Å². The van der Waals surface area contributed by atoms with Crippen LogP contribution in [0.15, 0.2) is 24.3 Å². The molecule has 0 saturated carbocycles. The van der Waals surface area contributed by atoms with Crippen molar-refractivity contribution in [3.05, 3.63) is 35.4 Å². The molecule has 1 heterocycles. The van der Waals surface area contributed by atoms with E-state index < -0.39 is 5.97 Å². The molecule has 1 amide bonds. The van der Waals surface area contributed by atoms with Crippen LogP contribution in [-0.2, 0) is 11.2 Å². The highest BCUT2D eigenvalue weighted by atomic mass is 16.4. The van der Waals surface area contributed by atoms with Crippen molar-refractivity contribution < 1.29 is 14.7 Å². The van der Waals surface area contributed by atoms with Gasteiger partial charge in [-0.25, -0.2) is 4.79 Å². The summed E-state index contributed by atoms with van der Waals surface area (Å²) in [6.07, 6.45) is 3.44. The Morgan fingerprint density at radius 1 is 1.24 bits per heavy atom. The molecular formula is C17H23NO3. The van der Waals surface area contributed by atoms with Crippen LogP contribution in [0.3, 0.4) is 0 Å². The lowest BCUT2D eigenvalue weighted by Gasteiger charge is -2.38. The minimum Gasteiger partial charge on any atom is -0.478 e. The zero-order valence-corrected chi connectivity index (χ0v) is 12.7. The first kappa shape index (κ1) is 15.5. The highest BCUT2D eigenvalue weighted by Gasteiger charge is 2.27. The fraction of sp³-hybridized carbons (Fsp3) is 0.529. The molecule has 1 N–H and O–H groups in total. The molecule has 21 heavy (non-hydrogen) atoms. The lowest BCUT2D eigenvalue weighted by molar-refractivity contribution is -0.135. The molecule has 4 heteroatoms. The fourth-order valence-electron chi connectivity index (χ4n) is 2.90. The summed E-state index contributed by atoms with van der Waals surface area (Å²) < 4.78 is 0. The zero-order valence-electron chi connectivity index (χ0n) is 12.7. The van der Waals surface area contributed by atoms with Crippen LogP contribution in [0.2, 0.25) is 0 Å². The van der Waals surface area contributed by atoms with Crippen LogP contribution in [0.4, 0.5) is 0 Å². The van der Waals surface area contributed by atoms with Crippen molar-refractivity contribution in [2.45, 2.75) is 45.6 Å². The molecule has 0 aromatic heterocycles. The van der Waals surface area contributed by atoms with Crippen LogP contribution in [0.1, 0.15) is 49.0 Å². The number of aromatic carboxylic acids is 1. The van der Waals surface area contributed by atoms with E-state index in [9.17, 15) is 9.59 Å². The Bertz CT molecular complexity index is 509. The molecule has 2 unspecified atom stereocenters. The van der Waals surface area contributed by atoms with Crippen molar-refractivity contribution >= 4 is 11.9 Å². The number of piperidine rings is 1. The molecule has 0 spiro atoms. The quantitative estimate of drug-likeness (QED) is 0.927.